The van der Waals surface area contributed by atoms with Crippen LogP contribution in [0.5, 0.6) is 11.5 Å². The van der Waals surface area contributed by atoms with Crippen LogP contribution in [-0.2, 0) is 6.54 Å². The van der Waals surface area contributed by atoms with Gasteiger partial charge in [-0.05, 0) is 42.2 Å². The number of rotatable bonds is 10. The Kier molecular flexibility index (Phi) is 7.95. The predicted molar refractivity (Wildman–Crippen MR) is 106 cm³/mol. The van der Waals surface area contributed by atoms with E-state index in [-0.39, 0.29) is 0 Å². The summed E-state index contributed by atoms with van der Waals surface area (Å²) < 4.78 is 11.0. The molecule has 0 aromatic heterocycles. The minimum absolute atomic E-state index is 0.294. The molecule has 0 heterocycles. The molecule has 2 aromatic carbocycles. The molecule has 0 saturated carbocycles. The Bertz CT molecular complexity index is 655. The molecular weight excluding hydrogens is 326 g/mol. The van der Waals surface area contributed by atoms with Crippen molar-refractivity contribution >= 4 is 0 Å². The maximum atomic E-state index is 10.5. The number of benzene rings is 2. The molecule has 1 atom stereocenters. The molecule has 0 fully saturated rings. The molecule has 4 heteroatoms. The molecule has 0 aliphatic rings. The van der Waals surface area contributed by atoms with Crippen LogP contribution in [0.4, 0.5) is 0 Å². The fourth-order valence-corrected chi connectivity index (χ4v) is 2.96. The molecular formula is C22H31NO3. The number of para-hydroxylation sites is 1. The maximum absolute atomic E-state index is 10.5. The van der Waals surface area contributed by atoms with Gasteiger partial charge >= 0.3 is 0 Å². The van der Waals surface area contributed by atoms with Crippen LogP contribution in [0.15, 0.2) is 48.5 Å². The first-order valence-electron chi connectivity index (χ1n) is 9.19. The van der Waals surface area contributed by atoms with E-state index in [0.717, 1.165) is 30.2 Å². The second kappa shape index (κ2) is 10.2. The summed E-state index contributed by atoms with van der Waals surface area (Å²) in [5.41, 5.74) is 2.29. The third-order valence-corrected chi connectivity index (χ3v) is 4.18. The smallest absolute Gasteiger partial charge is 0.122 e. The monoisotopic (exact) mass is 357 g/mol. The van der Waals surface area contributed by atoms with Crippen LogP contribution in [0.2, 0.25) is 0 Å². The van der Waals surface area contributed by atoms with Gasteiger partial charge in [0.25, 0.3) is 0 Å². The van der Waals surface area contributed by atoms with Crippen molar-refractivity contribution in [1.82, 2.24) is 4.90 Å². The summed E-state index contributed by atoms with van der Waals surface area (Å²) >= 11 is 0. The number of hydrogen-bond acceptors (Lipinski definition) is 4. The van der Waals surface area contributed by atoms with Gasteiger partial charge in [0.2, 0.25) is 0 Å². The Morgan fingerprint density at radius 3 is 2.31 bits per heavy atom. The quantitative estimate of drug-likeness (QED) is 0.700. The Morgan fingerprint density at radius 2 is 1.69 bits per heavy atom. The van der Waals surface area contributed by atoms with Gasteiger partial charge in [-0.15, -0.1) is 0 Å². The van der Waals surface area contributed by atoms with Crippen molar-refractivity contribution in [2.45, 2.75) is 33.4 Å². The normalized spacial score (nSPS) is 12.4. The van der Waals surface area contributed by atoms with E-state index in [1.165, 1.54) is 5.56 Å². The Hall–Kier alpha value is -2.04. The fraction of sp³-hybridized carbons (Fsp3) is 0.455. The lowest BCUT2D eigenvalue weighted by molar-refractivity contribution is 0.0613. The van der Waals surface area contributed by atoms with Crippen LogP contribution in [-0.4, -0.2) is 42.9 Å². The van der Waals surface area contributed by atoms with Gasteiger partial charge in [-0.3, -0.25) is 4.90 Å². The summed E-state index contributed by atoms with van der Waals surface area (Å²) in [6, 6.07) is 16.0. The van der Waals surface area contributed by atoms with E-state index in [1.54, 1.807) is 7.11 Å². The molecule has 2 rings (SSSR count). The van der Waals surface area contributed by atoms with Gasteiger partial charge in [0.15, 0.2) is 0 Å². The van der Waals surface area contributed by atoms with Crippen LogP contribution in [0, 0.1) is 12.8 Å². The first-order chi connectivity index (χ1) is 12.5. The van der Waals surface area contributed by atoms with E-state index in [9.17, 15) is 5.11 Å². The number of ether oxygens (including phenoxy) is 2. The molecule has 1 N–H and O–H groups in total. The SMILES string of the molecule is COc1ccc(CN(CC(C)C)CC(O)COc2ccccc2C)cc1. The molecule has 4 nitrogen and oxygen atoms in total. The van der Waals surface area contributed by atoms with Crippen LogP contribution < -0.4 is 9.47 Å². The maximum Gasteiger partial charge on any atom is 0.122 e. The minimum atomic E-state index is -0.536. The Labute approximate surface area is 157 Å². The Balaban J connectivity index is 1.91. The van der Waals surface area contributed by atoms with Crippen molar-refractivity contribution in [2.24, 2.45) is 5.92 Å². The lowest BCUT2D eigenvalue weighted by Crippen LogP contribution is -2.37. The van der Waals surface area contributed by atoms with Crippen molar-refractivity contribution in [2.75, 3.05) is 26.8 Å². The highest BCUT2D eigenvalue weighted by Crippen LogP contribution is 2.17. The van der Waals surface area contributed by atoms with E-state index in [4.69, 9.17) is 9.47 Å². The van der Waals surface area contributed by atoms with Crippen molar-refractivity contribution in [1.29, 1.82) is 0 Å². The average molecular weight is 357 g/mol. The number of methoxy groups -OCH3 is 1. The van der Waals surface area contributed by atoms with Crippen molar-refractivity contribution < 1.29 is 14.6 Å². The standard InChI is InChI=1S/C22H31NO3/c1-17(2)13-23(14-19-9-11-21(25-4)12-10-19)15-20(24)16-26-22-8-6-5-7-18(22)3/h5-12,17,20,24H,13-16H2,1-4H3. The summed E-state index contributed by atoms with van der Waals surface area (Å²) in [5, 5.41) is 10.5. The number of aryl methyl sites for hydroxylation is 1. The third kappa shape index (κ3) is 6.70. The van der Waals surface area contributed by atoms with Gasteiger partial charge in [-0.1, -0.05) is 44.2 Å². The summed E-state index contributed by atoms with van der Waals surface area (Å²) in [4.78, 5) is 2.28. The number of nitrogens with zero attached hydrogens (tertiary/aromatic N) is 1. The van der Waals surface area contributed by atoms with Gasteiger partial charge < -0.3 is 14.6 Å². The molecule has 0 aliphatic carbocycles. The van der Waals surface area contributed by atoms with Gasteiger partial charge in [0.1, 0.15) is 24.2 Å². The van der Waals surface area contributed by atoms with Crippen molar-refractivity contribution in [3.05, 3.63) is 59.7 Å². The molecule has 142 valence electrons. The lowest BCUT2D eigenvalue weighted by atomic mass is 10.1. The van der Waals surface area contributed by atoms with E-state index >= 15 is 0 Å². The van der Waals surface area contributed by atoms with Crippen LogP contribution >= 0.6 is 0 Å². The molecule has 0 bridgehead atoms. The summed E-state index contributed by atoms with van der Waals surface area (Å²) in [7, 11) is 1.67. The fourth-order valence-electron chi connectivity index (χ4n) is 2.96. The number of hydrogen-bond donors (Lipinski definition) is 1. The van der Waals surface area contributed by atoms with Gasteiger partial charge in [-0.25, -0.2) is 0 Å². The molecule has 0 radical (unpaired) electrons. The van der Waals surface area contributed by atoms with Crippen LogP contribution in [0.25, 0.3) is 0 Å². The Morgan fingerprint density at radius 1 is 1.00 bits per heavy atom. The minimum Gasteiger partial charge on any atom is -0.497 e. The van der Waals surface area contributed by atoms with E-state index in [2.05, 4.69) is 30.9 Å². The van der Waals surface area contributed by atoms with Gasteiger partial charge in [0, 0.05) is 19.6 Å². The topological polar surface area (TPSA) is 41.9 Å². The highest BCUT2D eigenvalue weighted by molar-refractivity contribution is 5.31. The molecule has 26 heavy (non-hydrogen) atoms. The average Bonchev–Trinajstić information content (AvgIpc) is 2.61. The first-order valence-corrected chi connectivity index (χ1v) is 9.19. The largest absolute Gasteiger partial charge is 0.497 e. The molecule has 2 aromatic rings. The molecule has 1 unspecified atom stereocenters. The lowest BCUT2D eigenvalue weighted by Gasteiger charge is -2.27. The summed E-state index contributed by atoms with van der Waals surface area (Å²) in [6.45, 7) is 8.99. The second-order valence-corrected chi connectivity index (χ2v) is 7.17. The zero-order valence-corrected chi connectivity index (χ0v) is 16.3. The van der Waals surface area contributed by atoms with Crippen LogP contribution in [0.3, 0.4) is 0 Å². The molecule has 0 amide bonds. The van der Waals surface area contributed by atoms with Gasteiger partial charge in [-0.2, -0.15) is 0 Å². The zero-order chi connectivity index (χ0) is 18.9. The van der Waals surface area contributed by atoms with Crippen molar-refractivity contribution in [3.8, 4) is 11.5 Å². The molecule has 0 aliphatic heterocycles. The van der Waals surface area contributed by atoms with E-state index in [1.807, 2.05) is 43.3 Å². The molecule has 0 spiro atoms. The van der Waals surface area contributed by atoms with Crippen molar-refractivity contribution in [3.63, 3.8) is 0 Å². The predicted octanol–water partition coefficient (Wildman–Crippen LogP) is 3.90. The summed E-state index contributed by atoms with van der Waals surface area (Å²) in [5.74, 6) is 2.21. The number of aliphatic hydroxyl groups excluding tert-OH is 1. The van der Waals surface area contributed by atoms with E-state index < -0.39 is 6.10 Å². The zero-order valence-electron chi connectivity index (χ0n) is 16.3. The summed E-state index contributed by atoms with van der Waals surface area (Å²) in [6.07, 6.45) is -0.536. The van der Waals surface area contributed by atoms with Gasteiger partial charge in [0.05, 0.1) is 7.11 Å². The van der Waals surface area contributed by atoms with Crippen LogP contribution in [0.1, 0.15) is 25.0 Å². The first kappa shape index (κ1) is 20.3. The van der Waals surface area contributed by atoms with E-state index in [0.29, 0.717) is 19.1 Å². The highest BCUT2D eigenvalue weighted by atomic mass is 16.5. The molecule has 0 saturated heterocycles. The third-order valence-electron chi connectivity index (χ3n) is 4.18. The number of aliphatic hydroxyl groups is 1. The second-order valence-electron chi connectivity index (χ2n) is 7.17. The highest BCUT2D eigenvalue weighted by Gasteiger charge is 2.15.